The first-order chi connectivity index (χ1) is 17.3. The van der Waals surface area contributed by atoms with Gasteiger partial charge >= 0.3 is 0 Å². The number of halogens is 1. The number of para-hydroxylation sites is 1. The quantitative estimate of drug-likeness (QED) is 0.246. The Kier molecular flexibility index (Phi) is 7.99. The zero-order chi connectivity index (χ0) is 25.8. The Morgan fingerprint density at radius 2 is 1.75 bits per heavy atom. The highest BCUT2D eigenvalue weighted by molar-refractivity contribution is 5.97. The number of Topliss-reactive ketones (excluding diaryl/α,β-unsaturated/α-hetero) is 1. The largest absolute Gasteiger partial charge is 0.350 e. The highest BCUT2D eigenvalue weighted by atomic mass is 19.1. The molecular weight excluding hydrogens is 457 g/mol. The van der Waals surface area contributed by atoms with Gasteiger partial charge in [-0.3, -0.25) is 14.9 Å². The second-order valence-electron chi connectivity index (χ2n) is 9.69. The molecule has 36 heavy (non-hydrogen) atoms. The van der Waals surface area contributed by atoms with Crippen molar-refractivity contribution in [3.8, 4) is 0 Å². The molecule has 0 saturated carbocycles. The van der Waals surface area contributed by atoms with Crippen molar-refractivity contribution in [2.45, 2.75) is 46.0 Å². The van der Waals surface area contributed by atoms with Crippen LogP contribution in [0.3, 0.4) is 0 Å². The molecule has 2 aromatic rings. The number of nitro benzene ring substituents is 1. The van der Waals surface area contributed by atoms with E-state index in [1.807, 2.05) is 12.1 Å². The summed E-state index contributed by atoms with van der Waals surface area (Å²) in [7, 11) is 0. The number of likely N-dealkylation sites (tertiary alicyclic amines) is 1. The van der Waals surface area contributed by atoms with E-state index in [1.54, 1.807) is 24.3 Å². The van der Waals surface area contributed by atoms with Gasteiger partial charge in [-0.2, -0.15) is 0 Å². The lowest BCUT2D eigenvalue weighted by atomic mass is 9.83. The van der Waals surface area contributed by atoms with Gasteiger partial charge < -0.3 is 9.80 Å². The van der Waals surface area contributed by atoms with Crippen molar-refractivity contribution in [1.29, 1.82) is 0 Å². The molecule has 4 rings (SSSR count). The van der Waals surface area contributed by atoms with Crippen LogP contribution in [0.1, 0.15) is 61.9 Å². The monoisotopic (exact) mass is 491 g/mol. The zero-order valence-electron chi connectivity index (χ0n) is 21.2. The van der Waals surface area contributed by atoms with E-state index in [0.29, 0.717) is 5.56 Å². The summed E-state index contributed by atoms with van der Waals surface area (Å²) in [5, 5.41) is 11.8. The number of hydrogen-bond acceptors (Lipinski definition) is 5. The minimum atomic E-state index is -0.334. The molecular formula is C29H34FN3O3. The van der Waals surface area contributed by atoms with E-state index >= 15 is 0 Å². The molecule has 0 aromatic heterocycles. The molecule has 6 nitrogen and oxygen atoms in total. The minimum absolute atomic E-state index is 0.0387. The number of carbonyl (C=O) groups excluding carboxylic acids is 1. The van der Waals surface area contributed by atoms with Crippen molar-refractivity contribution in [3.63, 3.8) is 0 Å². The molecule has 0 aliphatic carbocycles. The van der Waals surface area contributed by atoms with Gasteiger partial charge in [0.15, 0.2) is 5.78 Å². The van der Waals surface area contributed by atoms with Gasteiger partial charge in [-0.05, 0) is 83.0 Å². The van der Waals surface area contributed by atoms with Crippen LogP contribution in [0, 0.1) is 21.8 Å². The molecule has 1 saturated heterocycles. The normalized spacial score (nSPS) is 19.4. The van der Waals surface area contributed by atoms with Gasteiger partial charge in [-0.1, -0.05) is 24.3 Å². The smallest absolute Gasteiger partial charge is 0.273 e. The Hall–Kier alpha value is -3.32. The minimum Gasteiger partial charge on any atom is -0.350 e. The molecule has 2 aromatic carbocycles. The van der Waals surface area contributed by atoms with Crippen LogP contribution >= 0.6 is 0 Å². The number of benzene rings is 2. The summed E-state index contributed by atoms with van der Waals surface area (Å²) < 4.78 is 13.2. The summed E-state index contributed by atoms with van der Waals surface area (Å²) in [6.45, 7) is 9.63. The Morgan fingerprint density at radius 1 is 1.08 bits per heavy atom. The van der Waals surface area contributed by atoms with Crippen LogP contribution < -0.4 is 0 Å². The molecule has 0 amide bonds. The number of piperidine rings is 1. The fraction of sp³-hybridized carbons (Fsp3) is 0.414. The maximum absolute atomic E-state index is 13.2. The van der Waals surface area contributed by atoms with Crippen molar-refractivity contribution in [3.05, 3.63) is 98.6 Å². The average Bonchev–Trinajstić information content (AvgIpc) is 2.88. The SMILES string of the molecule is CCN1C(C)=CC(c2ccccc2[N+](=O)[O-])C(CCN2CCC(C(=O)c3ccc(F)cc3)CC2)=C1C. The average molecular weight is 492 g/mol. The number of allylic oxidation sites excluding steroid dienone is 3. The third kappa shape index (κ3) is 5.41. The Bertz CT molecular complexity index is 1180. The van der Waals surface area contributed by atoms with E-state index in [2.05, 4.69) is 36.6 Å². The Morgan fingerprint density at radius 3 is 2.39 bits per heavy atom. The van der Waals surface area contributed by atoms with Crippen molar-refractivity contribution in [1.82, 2.24) is 9.80 Å². The lowest BCUT2D eigenvalue weighted by Crippen LogP contribution is -2.37. The molecule has 0 radical (unpaired) electrons. The maximum Gasteiger partial charge on any atom is 0.273 e. The first kappa shape index (κ1) is 25.8. The highest BCUT2D eigenvalue weighted by Crippen LogP contribution is 2.41. The van der Waals surface area contributed by atoms with E-state index in [9.17, 15) is 19.3 Å². The molecule has 0 spiro atoms. The second-order valence-corrected chi connectivity index (χ2v) is 9.69. The van der Waals surface area contributed by atoms with Crippen LogP contribution in [-0.2, 0) is 0 Å². The molecule has 1 unspecified atom stereocenters. The first-order valence-electron chi connectivity index (χ1n) is 12.7. The molecule has 1 atom stereocenters. The molecule has 0 N–H and O–H groups in total. The zero-order valence-corrected chi connectivity index (χ0v) is 21.2. The third-order valence-corrected chi connectivity index (χ3v) is 7.65. The van der Waals surface area contributed by atoms with Gasteiger partial charge in [0, 0.05) is 53.5 Å². The van der Waals surface area contributed by atoms with E-state index in [-0.39, 0.29) is 34.0 Å². The number of nitrogens with zero attached hydrogens (tertiary/aromatic N) is 3. The van der Waals surface area contributed by atoms with E-state index in [4.69, 9.17) is 0 Å². The summed E-state index contributed by atoms with van der Waals surface area (Å²) >= 11 is 0. The van der Waals surface area contributed by atoms with E-state index < -0.39 is 0 Å². The predicted octanol–water partition coefficient (Wildman–Crippen LogP) is 6.32. The van der Waals surface area contributed by atoms with Crippen molar-refractivity contribution in [2.75, 3.05) is 26.2 Å². The maximum atomic E-state index is 13.2. The topological polar surface area (TPSA) is 66.7 Å². The van der Waals surface area contributed by atoms with Gasteiger partial charge in [0.1, 0.15) is 5.82 Å². The Balaban J connectivity index is 1.46. The number of nitro groups is 1. The van der Waals surface area contributed by atoms with Crippen molar-refractivity contribution < 1.29 is 14.1 Å². The van der Waals surface area contributed by atoms with Crippen molar-refractivity contribution >= 4 is 11.5 Å². The number of hydrogen-bond donors (Lipinski definition) is 0. The summed E-state index contributed by atoms with van der Waals surface area (Å²) in [6, 6.07) is 12.9. The summed E-state index contributed by atoms with van der Waals surface area (Å²) in [5.74, 6) is -0.411. The molecule has 190 valence electrons. The van der Waals surface area contributed by atoms with Crippen LogP contribution in [0.25, 0.3) is 0 Å². The predicted molar refractivity (Wildman–Crippen MR) is 139 cm³/mol. The van der Waals surface area contributed by atoms with E-state index in [1.165, 1.54) is 23.4 Å². The van der Waals surface area contributed by atoms with E-state index in [0.717, 1.165) is 56.7 Å². The van der Waals surface area contributed by atoms with Crippen LogP contribution in [0.15, 0.2) is 71.6 Å². The van der Waals surface area contributed by atoms with Gasteiger partial charge in [-0.25, -0.2) is 4.39 Å². The lowest BCUT2D eigenvalue weighted by molar-refractivity contribution is -0.385. The summed E-state index contributed by atoms with van der Waals surface area (Å²) in [5.41, 5.74) is 4.95. The van der Waals surface area contributed by atoms with Crippen molar-refractivity contribution in [2.24, 2.45) is 5.92 Å². The van der Waals surface area contributed by atoms with Crippen LogP contribution in [0.2, 0.25) is 0 Å². The lowest BCUT2D eigenvalue weighted by Gasteiger charge is -2.37. The molecule has 1 fully saturated rings. The van der Waals surface area contributed by atoms with Gasteiger partial charge in [0.05, 0.1) is 4.92 Å². The Labute approximate surface area is 212 Å². The van der Waals surface area contributed by atoms with Gasteiger partial charge in [-0.15, -0.1) is 0 Å². The number of rotatable bonds is 8. The summed E-state index contributed by atoms with van der Waals surface area (Å²) in [4.78, 5) is 29.0. The molecule has 2 aliphatic rings. The molecule has 7 heteroatoms. The van der Waals surface area contributed by atoms with Crippen LogP contribution in [-0.4, -0.2) is 46.7 Å². The number of carbonyl (C=O) groups is 1. The highest BCUT2D eigenvalue weighted by Gasteiger charge is 2.31. The van der Waals surface area contributed by atoms with Crippen LogP contribution in [0.4, 0.5) is 10.1 Å². The van der Waals surface area contributed by atoms with Crippen LogP contribution in [0.5, 0.6) is 0 Å². The first-order valence-corrected chi connectivity index (χ1v) is 12.7. The van der Waals surface area contributed by atoms with Gasteiger partial charge in [0.2, 0.25) is 0 Å². The molecule has 2 aliphatic heterocycles. The third-order valence-electron chi connectivity index (χ3n) is 7.65. The fourth-order valence-electron chi connectivity index (χ4n) is 5.66. The fourth-order valence-corrected chi connectivity index (χ4v) is 5.66. The standard InChI is InChI=1S/C29H34FN3O3/c1-4-32-20(2)19-27(26-7-5-6-8-28(26)33(35)36)25(21(32)3)15-18-31-16-13-23(14-17-31)29(34)22-9-11-24(30)12-10-22/h5-12,19,23,27H,4,13-18H2,1-3H3. The second kappa shape index (κ2) is 11.2. The molecule has 0 bridgehead atoms. The van der Waals surface area contributed by atoms with Gasteiger partial charge in [0.25, 0.3) is 5.69 Å². The molecule has 2 heterocycles. The summed E-state index contributed by atoms with van der Waals surface area (Å²) in [6.07, 6.45) is 4.52. The number of ketones is 1.